The first-order chi connectivity index (χ1) is 22.2. The second-order valence-corrected chi connectivity index (χ2v) is 12.4. The van der Waals surface area contributed by atoms with E-state index in [0.29, 0.717) is 47.1 Å². The number of thioether (sulfide) groups is 1. The summed E-state index contributed by atoms with van der Waals surface area (Å²) < 4.78 is 2.17. The zero-order valence-corrected chi connectivity index (χ0v) is 28.0. The Kier molecular flexibility index (Phi) is 10.6. The van der Waals surface area contributed by atoms with Gasteiger partial charge in [0.25, 0.3) is 0 Å². The molecule has 1 aromatic heterocycles. The topological polar surface area (TPSA) is 81.0 Å². The van der Waals surface area contributed by atoms with Crippen molar-refractivity contribution in [2.45, 2.75) is 45.6 Å². The molecule has 7 nitrogen and oxygen atoms in total. The van der Waals surface area contributed by atoms with Crippen LogP contribution in [0.15, 0.2) is 95.0 Å². The molecule has 9 heteroatoms. The first-order valence-electron chi connectivity index (χ1n) is 15.4. The Morgan fingerprint density at radius 3 is 2.11 bits per heavy atom. The van der Waals surface area contributed by atoms with Crippen LogP contribution in [0.4, 0.5) is 4.79 Å². The Morgan fingerprint density at radius 2 is 1.48 bits per heavy atom. The molecule has 0 N–H and O–H groups in total. The number of aromatic nitrogens is 1. The molecule has 1 amide bonds. The molecule has 46 heavy (non-hydrogen) atoms. The largest absolute Gasteiger partial charge is 0.435 e. The quantitative estimate of drug-likeness (QED) is 0.0441. The highest BCUT2D eigenvalue weighted by Crippen LogP contribution is 2.32. The van der Waals surface area contributed by atoms with Crippen LogP contribution >= 0.6 is 23.4 Å². The van der Waals surface area contributed by atoms with Gasteiger partial charge in [-0.1, -0.05) is 41.0 Å². The van der Waals surface area contributed by atoms with Gasteiger partial charge in [0.15, 0.2) is 5.78 Å². The van der Waals surface area contributed by atoms with Crippen LogP contribution in [-0.4, -0.2) is 51.7 Å². The molecule has 1 heterocycles. The first kappa shape index (κ1) is 33.0. The fraction of sp³-hybridized carbons (Fsp3) is 0.243. The van der Waals surface area contributed by atoms with Crippen LogP contribution in [0.25, 0.3) is 21.8 Å². The van der Waals surface area contributed by atoms with Crippen LogP contribution < -0.4 is 0 Å². The first-order valence-corrected chi connectivity index (χ1v) is 16.7. The molecule has 0 aliphatic heterocycles. The van der Waals surface area contributed by atoms with Crippen LogP contribution in [0.3, 0.4) is 0 Å². The van der Waals surface area contributed by atoms with Crippen molar-refractivity contribution >= 4 is 68.5 Å². The second-order valence-electron chi connectivity index (χ2n) is 10.8. The molecule has 0 aliphatic rings. The number of carbonyl (C=O) groups excluding carboxylic acids is 3. The van der Waals surface area contributed by atoms with E-state index in [-0.39, 0.29) is 23.7 Å². The molecule has 4 aromatic carbocycles. The summed E-state index contributed by atoms with van der Waals surface area (Å²) in [5, 5.41) is 6.49. The minimum absolute atomic E-state index is 0.0488. The summed E-state index contributed by atoms with van der Waals surface area (Å²) in [6.45, 7) is 9.35. The van der Waals surface area contributed by atoms with Crippen molar-refractivity contribution in [2.75, 3.05) is 18.8 Å². The van der Waals surface area contributed by atoms with Gasteiger partial charge in [-0.2, -0.15) is 0 Å². The van der Waals surface area contributed by atoms with Crippen molar-refractivity contribution in [1.82, 2.24) is 9.47 Å². The van der Waals surface area contributed by atoms with Gasteiger partial charge in [-0.3, -0.25) is 14.4 Å². The summed E-state index contributed by atoms with van der Waals surface area (Å²) in [5.41, 5.74) is 4.67. The highest BCUT2D eigenvalue weighted by atomic mass is 35.5. The summed E-state index contributed by atoms with van der Waals surface area (Å²) >= 11 is 7.58. The van der Waals surface area contributed by atoms with Gasteiger partial charge in [0.1, 0.15) is 5.71 Å². The molecule has 0 saturated heterocycles. The zero-order chi connectivity index (χ0) is 32.8. The number of hydrogen-bond donors (Lipinski definition) is 0. The molecule has 0 aliphatic carbocycles. The lowest BCUT2D eigenvalue weighted by Gasteiger charge is -2.15. The number of amides is 1. The predicted molar refractivity (Wildman–Crippen MR) is 188 cm³/mol. The number of fused-ring (bicyclic) bond motifs is 3. The van der Waals surface area contributed by atoms with Crippen LogP contribution in [0, 0.1) is 6.92 Å². The van der Waals surface area contributed by atoms with Gasteiger partial charge in [0, 0.05) is 80.2 Å². The van der Waals surface area contributed by atoms with Crippen molar-refractivity contribution in [3.63, 3.8) is 0 Å². The molecule has 0 bridgehead atoms. The number of nitrogens with zero attached hydrogens (tertiary/aromatic N) is 3. The maximum absolute atomic E-state index is 14.0. The summed E-state index contributed by atoms with van der Waals surface area (Å²) in [5.74, 6) is 0.166. The molecule has 0 unspecified atom stereocenters. The number of rotatable bonds is 12. The highest BCUT2D eigenvalue weighted by molar-refractivity contribution is 7.99. The van der Waals surface area contributed by atoms with E-state index in [1.54, 1.807) is 17.8 Å². The number of halogens is 1. The minimum atomic E-state index is -0.604. The molecule has 5 rings (SSSR count). The predicted octanol–water partition coefficient (Wildman–Crippen LogP) is 9.21. The van der Waals surface area contributed by atoms with E-state index in [1.807, 2.05) is 99.6 Å². The fourth-order valence-electron chi connectivity index (χ4n) is 5.51. The van der Waals surface area contributed by atoms with Gasteiger partial charge in [-0.05, 0) is 93.9 Å². The van der Waals surface area contributed by atoms with Gasteiger partial charge >= 0.3 is 6.09 Å². The maximum Gasteiger partial charge on any atom is 0.435 e. The number of ketones is 2. The van der Waals surface area contributed by atoms with Crippen LogP contribution in [-0.2, 0) is 11.4 Å². The fourth-order valence-corrected chi connectivity index (χ4v) is 6.49. The van der Waals surface area contributed by atoms with E-state index in [0.717, 1.165) is 32.3 Å². The molecule has 0 fully saturated rings. The third-order valence-corrected chi connectivity index (χ3v) is 9.30. The molecule has 0 spiro atoms. The molecule has 0 saturated carbocycles. The monoisotopic (exact) mass is 653 g/mol. The van der Waals surface area contributed by atoms with E-state index in [1.165, 1.54) is 4.90 Å². The Labute approximate surface area is 278 Å². The van der Waals surface area contributed by atoms with Crippen molar-refractivity contribution in [1.29, 1.82) is 0 Å². The van der Waals surface area contributed by atoms with E-state index in [2.05, 4.69) is 16.6 Å². The van der Waals surface area contributed by atoms with Gasteiger partial charge < -0.3 is 9.47 Å². The lowest BCUT2D eigenvalue weighted by atomic mass is 9.97. The van der Waals surface area contributed by atoms with Crippen molar-refractivity contribution < 1.29 is 19.2 Å². The summed E-state index contributed by atoms with van der Waals surface area (Å²) in [6, 6.07) is 26.3. The Balaban J connectivity index is 1.51. The third-order valence-electron chi connectivity index (χ3n) is 8.03. The lowest BCUT2D eigenvalue weighted by Crippen LogP contribution is -2.30. The molecule has 0 atom stereocenters. The zero-order valence-electron chi connectivity index (χ0n) is 26.4. The van der Waals surface area contributed by atoms with Gasteiger partial charge in [-0.15, -0.1) is 11.8 Å². The molecule has 5 aromatic rings. The van der Waals surface area contributed by atoms with Gasteiger partial charge in [-0.25, -0.2) is 4.79 Å². The molecular weight excluding hydrogens is 618 g/mol. The number of oxime groups is 1. The summed E-state index contributed by atoms with van der Waals surface area (Å²) in [4.78, 5) is 47.8. The number of hydrogen-bond acceptors (Lipinski definition) is 6. The van der Waals surface area contributed by atoms with Crippen molar-refractivity contribution in [2.24, 2.45) is 5.16 Å². The Hall–Kier alpha value is -4.40. The summed E-state index contributed by atoms with van der Waals surface area (Å²) in [7, 11) is 0. The van der Waals surface area contributed by atoms with E-state index in [9.17, 15) is 14.4 Å². The third kappa shape index (κ3) is 7.03. The standard InChI is InChI=1S/C37H36ClN3O4S/c1-5-40(6-2)37(44)45-39-32(20-21-46-28-16-14-27(38)15-17-28)36(43)26-13-19-34-31(23-26)30-22-25(12-18-33(30)41(34)7-3)35(42)29-11-9-8-10-24(29)4/h8-19,22-23H,5-7,20-21H2,1-4H3. The number of benzene rings is 4. The van der Waals surface area contributed by atoms with E-state index in [4.69, 9.17) is 16.4 Å². The molecule has 0 radical (unpaired) electrons. The number of carbonyl (C=O) groups is 3. The van der Waals surface area contributed by atoms with Crippen molar-refractivity contribution in [3.05, 3.63) is 112 Å². The highest BCUT2D eigenvalue weighted by Gasteiger charge is 2.21. The van der Waals surface area contributed by atoms with Gasteiger partial charge in [0.05, 0.1) is 0 Å². The number of aryl methyl sites for hydroxylation is 2. The second kappa shape index (κ2) is 14.8. The molecular formula is C37H36ClN3O4S. The Bertz CT molecular complexity index is 1940. The van der Waals surface area contributed by atoms with Crippen molar-refractivity contribution in [3.8, 4) is 0 Å². The minimum Gasteiger partial charge on any atom is -0.341 e. The van der Waals surface area contributed by atoms with E-state index >= 15 is 0 Å². The normalized spacial score (nSPS) is 11.6. The average Bonchev–Trinajstić information content (AvgIpc) is 3.39. The lowest BCUT2D eigenvalue weighted by molar-refractivity contribution is 0.101. The van der Waals surface area contributed by atoms with Crippen LogP contribution in [0.2, 0.25) is 5.02 Å². The summed E-state index contributed by atoms with van der Waals surface area (Å²) in [6.07, 6.45) is -0.324. The maximum atomic E-state index is 14.0. The van der Waals surface area contributed by atoms with Crippen LogP contribution in [0.5, 0.6) is 0 Å². The number of Topliss-reactive ketones (excluding diaryl/α,β-unsaturated/α-hetero) is 1. The SMILES string of the molecule is CCN(CC)C(=O)ON=C(CCSc1ccc(Cl)cc1)C(=O)c1ccc2c(c1)c1cc(C(=O)c3ccccc3C)ccc1n2CC. The molecule has 236 valence electrons. The smallest absolute Gasteiger partial charge is 0.341 e. The Morgan fingerprint density at radius 1 is 0.848 bits per heavy atom. The van der Waals surface area contributed by atoms with Gasteiger partial charge in [0.2, 0.25) is 5.78 Å². The van der Waals surface area contributed by atoms with E-state index < -0.39 is 6.09 Å². The van der Waals surface area contributed by atoms with Crippen LogP contribution in [0.1, 0.15) is 59.0 Å². The average molecular weight is 654 g/mol.